The minimum Gasteiger partial charge on any atom is -0.376 e. The Morgan fingerprint density at radius 2 is 1.96 bits per heavy atom. The van der Waals surface area contributed by atoms with Crippen LogP contribution in [0.2, 0.25) is 5.02 Å². The molecule has 2 amide bonds. The van der Waals surface area contributed by atoms with Crippen molar-refractivity contribution in [1.82, 2.24) is 4.90 Å². The molecule has 0 unspecified atom stereocenters. The molecule has 2 aromatic rings. The Balaban J connectivity index is 1.97. The van der Waals surface area contributed by atoms with Crippen LogP contribution in [0.15, 0.2) is 42.5 Å². The molecular weight excluding hydrogens is 326 g/mol. The van der Waals surface area contributed by atoms with Crippen LogP contribution in [0.4, 0.5) is 5.69 Å². The summed E-state index contributed by atoms with van der Waals surface area (Å²) in [4.78, 5) is 25.1. The maximum Gasteiger partial charge on any atom is 0.248 e. The average Bonchev–Trinajstić information content (AvgIpc) is 2.53. The summed E-state index contributed by atoms with van der Waals surface area (Å²) in [6.45, 7) is 2.49. The number of likely N-dealkylation sites (N-methyl/N-ethyl adjacent to an activating group) is 1. The number of aryl methyl sites for hydroxylation is 1. The fourth-order valence-corrected chi connectivity index (χ4v) is 2.48. The Hall–Kier alpha value is -2.53. The largest absolute Gasteiger partial charge is 0.376 e. The molecule has 0 aliphatic heterocycles. The molecule has 0 heterocycles. The SMILES string of the molecule is Cc1ccc(C(N)=O)cc1NCC(=O)N(C)Cc1cccc(Cl)c1. The van der Waals surface area contributed by atoms with Gasteiger partial charge in [-0.1, -0.05) is 29.8 Å². The second kappa shape index (κ2) is 7.84. The van der Waals surface area contributed by atoms with E-state index in [2.05, 4.69) is 5.32 Å². The van der Waals surface area contributed by atoms with E-state index in [0.717, 1.165) is 16.8 Å². The number of carbonyl (C=O) groups is 2. The van der Waals surface area contributed by atoms with Gasteiger partial charge in [0.2, 0.25) is 11.8 Å². The van der Waals surface area contributed by atoms with Crippen molar-refractivity contribution in [3.63, 3.8) is 0 Å². The second-order valence-corrected chi connectivity index (χ2v) is 6.06. The van der Waals surface area contributed by atoms with Crippen molar-refractivity contribution in [2.75, 3.05) is 18.9 Å². The fraction of sp³-hybridized carbons (Fsp3) is 0.222. The van der Waals surface area contributed by atoms with Gasteiger partial charge in [-0.2, -0.15) is 0 Å². The van der Waals surface area contributed by atoms with Crippen LogP contribution in [-0.2, 0) is 11.3 Å². The first-order valence-corrected chi connectivity index (χ1v) is 7.87. The maximum absolute atomic E-state index is 12.3. The normalized spacial score (nSPS) is 10.3. The van der Waals surface area contributed by atoms with E-state index in [1.165, 1.54) is 0 Å². The maximum atomic E-state index is 12.3. The summed E-state index contributed by atoms with van der Waals surface area (Å²) < 4.78 is 0. The van der Waals surface area contributed by atoms with Gasteiger partial charge in [0.25, 0.3) is 0 Å². The third-order valence-electron chi connectivity index (χ3n) is 3.69. The molecule has 0 spiro atoms. The highest BCUT2D eigenvalue weighted by atomic mass is 35.5. The molecule has 0 aliphatic carbocycles. The Kier molecular flexibility index (Phi) is 5.82. The standard InChI is InChI=1S/C18H20ClN3O2/c1-12-6-7-14(18(20)24)9-16(12)21-10-17(23)22(2)11-13-4-3-5-15(19)8-13/h3-9,21H,10-11H2,1-2H3,(H2,20,24). The number of carbonyl (C=O) groups excluding carboxylic acids is 2. The summed E-state index contributed by atoms with van der Waals surface area (Å²) in [6, 6.07) is 12.5. The molecule has 0 bridgehead atoms. The van der Waals surface area contributed by atoms with Gasteiger partial charge in [-0.3, -0.25) is 9.59 Å². The summed E-state index contributed by atoms with van der Waals surface area (Å²) in [5, 5.41) is 3.70. The summed E-state index contributed by atoms with van der Waals surface area (Å²) in [6.07, 6.45) is 0. The molecule has 2 rings (SSSR count). The van der Waals surface area contributed by atoms with Crippen molar-refractivity contribution < 1.29 is 9.59 Å². The molecule has 24 heavy (non-hydrogen) atoms. The highest BCUT2D eigenvalue weighted by Gasteiger charge is 2.11. The number of nitrogens with one attached hydrogen (secondary N) is 1. The molecule has 0 saturated heterocycles. The molecule has 5 nitrogen and oxygen atoms in total. The summed E-state index contributed by atoms with van der Waals surface area (Å²) in [7, 11) is 1.73. The van der Waals surface area contributed by atoms with Gasteiger partial charge in [-0.15, -0.1) is 0 Å². The molecular formula is C18H20ClN3O2. The zero-order chi connectivity index (χ0) is 17.7. The molecule has 0 aromatic heterocycles. The van der Waals surface area contributed by atoms with Crippen molar-refractivity contribution in [1.29, 1.82) is 0 Å². The smallest absolute Gasteiger partial charge is 0.248 e. The molecule has 2 aromatic carbocycles. The van der Waals surface area contributed by atoms with Crippen molar-refractivity contribution in [3.05, 3.63) is 64.2 Å². The Morgan fingerprint density at radius 3 is 2.62 bits per heavy atom. The van der Waals surface area contributed by atoms with Crippen LogP contribution in [0.25, 0.3) is 0 Å². The van der Waals surface area contributed by atoms with E-state index in [1.54, 1.807) is 36.2 Å². The predicted molar refractivity (Wildman–Crippen MR) is 96.1 cm³/mol. The van der Waals surface area contributed by atoms with Crippen LogP contribution in [-0.4, -0.2) is 30.3 Å². The predicted octanol–water partition coefficient (Wildman–Crippen LogP) is 2.82. The zero-order valence-electron chi connectivity index (χ0n) is 13.7. The molecule has 126 valence electrons. The van der Waals surface area contributed by atoms with Gasteiger partial charge >= 0.3 is 0 Å². The lowest BCUT2D eigenvalue weighted by atomic mass is 10.1. The van der Waals surface area contributed by atoms with Gasteiger partial charge in [0, 0.05) is 29.9 Å². The second-order valence-electron chi connectivity index (χ2n) is 5.63. The van der Waals surface area contributed by atoms with Crippen molar-refractivity contribution in [2.24, 2.45) is 5.73 Å². The van der Waals surface area contributed by atoms with Gasteiger partial charge in [0.15, 0.2) is 0 Å². The van der Waals surface area contributed by atoms with E-state index in [0.29, 0.717) is 17.1 Å². The Labute approximate surface area is 146 Å². The van der Waals surface area contributed by atoms with E-state index < -0.39 is 5.91 Å². The lowest BCUT2D eigenvalue weighted by molar-refractivity contribution is -0.128. The number of hydrogen-bond donors (Lipinski definition) is 2. The molecule has 0 atom stereocenters. The molecule has 0 radical (unpaired) electrons. The number of rotatable bonds is 6. The first kappa shape index (κ1) is 17.8. The summed E-state index contributed by atoms with van der Waals surface area (Å²) in [5.41, 5.74) is 8.30. The molecule has 6 heteroatoms. The van der Waals surface area contributed by atoms with Gasteiger partial charge in [-0.05, 0) is 42.3 Å². The van der Waals surface area contributed by atoms with E-state index in [9.17, 15) is 9.59 Å². The van der Waals surface area contributed by atoms with Crippen LogP contribution in [0, 0.1) is 6.92 Å². The van der Waals surface area contributed by atoms with Crippen LogP contribution in [0.1, 0.15) is 21.5 Å². The monoisotopic (exact) mass is 345 g/mol. The van der Waals surface area contributed by atoms with Gasteiger partial charge < -0.3 is 16.0 Å². The Bertz CT molecular complexity index is 762. The topological polar surface area (TPSA) is 75.4 Å². The molecule has 0 saturated carbocycles. The number of amides is 2. The molecule has 0 aliphatic rings. The van der Waals surface area contributed by atoms with Crippen LogP contribution < -0.4 is 11.1 Å². The quantitative estimate of drug-likeness (QED) is 0.845. The number of benzene rings is 2. The first-order valence-electron chi connectivity index (χ1n) is 7.49. The van der Waals surface area contributed by atoms with E-state index in [4.69, 9.17) is 17.3 Å². The van der Waals surface area contributed by atoms with Crippen LogP contribution in [0.3, 0.4) is 0 Å². The third-order valence-corrected chi connectivity index (χ3v) is 3.92. The minimum atomic E-state index is -0.498. The minimum absolute atomic E-state index is 0.0705. The Morgan fingerprint density at radius 1 is 1.21 bits per heavy atom. The first-order chi connectivity index (χ1) is 11.4. The van der Waals surface area contributed by atoms with E-state index in [-0.39, 0.29) is 12.5 Å². The number of nitrogens with two attached hydrogens (primary N) is 1. The van der Waals surface area contributed by atoms with Crippen molar-refractivity contribution >= 4 is 29.1 Å². The number of anilines is 1. The van der Waals surface area contributed by atoms with Crippen molar-refractivity contribution in [3.8, 4) is 0 Å². The van der Waals surface area contributed by atoms with Gasteiger partial charge in [0.05, 0.1) is 6.54 Å². The average molecular weight is 346 g/mol. The third kappa shape index (κ3) is 4.73. The van der Waals surface area contributed by atoms with E-state index >= 15 is 0 Å². The fourth-order valence-electron chi connectivity index (χ4n) is 2.27. The van der Waals surface area contributed by atoms with Gasteiger partial charge in [0.1, 0.15) is 0 Å². The molecule has 3 N–H and O–H groups in total. The number of nitrogens with zero attached hydrogens (tertiary/aromatic N) is 1. The van der Waals surface area contributed by atoms with Crippen molar-refractivity contribution in [2.45, 2.75) is 13.5 Å². The lowest BCUT2D eigenvalue weighted by Crippen LogP contribution is -2.31. The highest BCUT2D eigenvalue weighted by Crippen LogP contribution is 2.17. The van der Waals surface area contributed by atoms with Gasteiger partial charge in [-0.25, -0.2) is 0 Å². The number of halogens is 1. The lowest BCUT2D eigenvalue weighted by Gasteiger charge is -2.19. The number of primary amides is 1. The van der Waals surface area contributed by atoms with E-state index in [1.807, 2.05) is 25.1 Å². The number of hydrogen-bond acceptors (Lipinski definition) is 3. The highest BCUT2D eigenvalue weighted by molar-refractivity contribution is 6.30. The molecule has 0 fully saturated rings. The van der Waals surface area contributed by atoms with Crippen LogP contribution in [0.5, 0.6) is 0 Å². The summed E-state index contributed by atoms with van der Waals surface area (Å²) in [5.74, 6) is -0.568. The van der Waals surface area contributed by atoms with Crippen LogP contribution >= 0.6 is 11.6 Å². The zero-order valence-corrected chi connectivity index (χ0v) is 14.4. The summed E-state index contributed by atoms with van der Waals surface area (Å²) >= 11 is 5.95.